The Balaban J connectivity index is 1.94. The zero-order valence-corrected chi connectivity index (χ0v) is 11.7. The maximum Gasteiger partial charge on any atom is 0.203 e. The number of halogens is 1. The molecule has 0 aliphatic rings. The summed E-state index contributed by atoms with van der Waals surface area (Å²) >= 11 is 5.79. The number of nitrogens with zero attached hydrogens (tertiary/aromatic N) is 2. The van der Waals surface area contributed by atoms with Crippen molar-refractivity contribution < 1.29 is 0 Å². The summed E-state index contributed by atoms with van der Waals surface area (Å²) in [5, 5.41) is 3.39. The molecule has 1 aromatic carbocycles. The first-order valence-corrected chi connectivity index (χ1v) is 6.97. The minimum atomic E-state index is 0.592. The van der Waals surface area contributed by atoms with Crippen LogP contribution in [0.3, 0.4) is 0 Å². The van der Waals surface area contributed by atoms with Crippen LogP contribution in [0.1, 0.15) is 19.8 Å². The maximum absolute atomic E-state index is 5.79. The summed E-state index contributed by atoms with van der Waals surface area (Å²) in [6.45, 7) is 3.13. The Morgan fingerprint density at radius 3 is 2.89 bits per heavy atom. The molecule has 2 aromatic rings. The van der Waals surface area contributed by atoms with Crippen molar-refractivity contribution in [1.29, 1.82) is 0 Å². The first-order chi connectivity index (χ1) is 8.72. The van der Waals surface area contributed by atoms with Gasteiger partial charge in [-0.05, 0) is 30.9 Å². The Hall–Kier alpha value is -1.22. The predicted molar refractivity (Wildman–Crippen MR) is 78.3 cm³/mol. The van der Waals surface area contributed by atoms with Crippen LogP contribution in [-0.4, -0.2) is 22.0 Å². The Kier molecular flexibility index (Phi) is 4.48. The lowest BCUT2D eigenvalue weighted by Crippen LogP contribution is -2.08. The molecule has 0 bridgehead atoms. The van der Waals surface area contributed by atoms with Crippen LogP contribution in [-0.2, 0) is 7.05 Å². The molecule has 4 heteroatoms. The first kappa shape index (κ1) is 13.2. The maximum atomic E-state index is 5.79. The lowest BCUT2D eigenvalue weighted by Gasteiger charge is -2.08. The van der Waals surface area contributed by atoms with Crippen molar-refractivity contribution in [3.8, 4) is 0 Å². The number of alkyl halides is 1. The second-order valence-electron chi connectivity index (χ2n) is 4.81. The van der Waals surface area contributed by atoms with Gasteiger partial charge in [0.2, 0.25) is 5.95 Å². The monoisotopic (exact) mass is 265 g/mol. The van der Waals surface area contributed by atoms with E-state index in [1.807, 2.05) is 25.2 Å². The van der Waals surface area contributed by atoms with Gasteiger partial charge < -0.3 is 9.88 Å². The van der Waals surface area contributed by atoms with Crippen molar-refractivity contribution in [3.05, 3.63) is 24.3 Å². The van der Waals surface area contributed by atoms with Crippen molar-refractivity contribution in [2.75, 3.05) is 17.7 Å². The topological polar surface area (TPSA) is 29.9 Å². The van der Waals surface area contributed by atoms with Gasteiger partial charge in [0.25, 0.3) is 0 Å². The summed E-state index contributed by atoms with van der Waals surface area (Å²) in [7, 11) is 2.04. The summed E-state index contributed by atoms with van der Waals surface area (Å²) in [4.78, 5) is 4.57. The average molecular weight is 266 g/mol. The van der Waals surface area contributed by atoms with Crippen LogP contribution < -0.4 is 5.32 Å². The highest BCUT2D eigenvalue weighted by Gasteiger charge is 2.06. The van der Waals surface area contributed by atoms with Crippen molar-refractivity contribution in [2.24, 2.45) is 13.0 Å². The van der Waals surface area contributed by atoms with Gasteiger partial charge in [-0.15, -0.1) is 11.6 Å². The molecule has 2 rings (SSSR count). The van der Waals surface area contributed by atoms with Crippen molar-refractivity contribution in [3.63, 3.8) is 0 Å². The normalized spacial score (nSPS) is 12.8. The summed E-state index contributed by atoms with van der Waals surface area (Å²) in [5.74, 6) is 2.27. The SMILES string of the molecule is CC(CCl)CCCNc1nc2ccccc2n1C. The van der Waals surface area contributed by atoms with E-state index >= 15 is 0 Å². The van der Waals surface area contributed by atoms with Crippen LogP contribution in [0.2, 0.25) is 0 Å². The Bertz CT molecular complexity index is 507. The number of benzene rings is 1. The molecular weight excluding hydrogens is 246 g/mol. The molecule has 1 heterocycles. The van der Waals surface area contributed by atoms with Gasteiger partial charge in [-0.1, -0.05) is 19.1 Å². The highest BCUT2D eigenvalue weighted by atomic mass is 35.5. The minimum Gasteiger partial charge on any atom is -0.356 e. The summed E-state index contributed by atoms with van der Waals surface area (Å²) in [5.41, 5.74) is 2.20. The van der Waals surface area contributed by atoms with E-state index in [2.05, 4.69) is 27.9 Å². The minimum absolute atomic E-state index is 0.592. The predicted octanol–water partition coefficient (Wildman–Crippen LogP) is 3.64. The number of aryl methyl sites for hydroxylation is 1. The number of fused-ring (bicyclic) bond motifs is 1. The van der Waals surface area contributed by atoms with Crippen molar-refractivity contribution in [2.45, 2.75) is 19.8 Å². The van der Waals surface area contributed by atoms with Crippen molar-refractivity contribution >= 4 is 28.6 Å². The third-order valence-corrected chi connectivity index (χ3v) is 3.73. The summed E-state index contributed by atoms with van der Waals surface area (Å²) < 4.78 is 2.10. The van der Waals surface area contributed by atoms with Gasteiger partial charge in [-0.25, -0.2) is 4.98 Å². The first-order valence-electron chi connectivity index (χ1n) is 6.43. The number of nitrogens with one attached hydrogen (secondary N) is 1. The molecule has 0 aliphatic heterocycles. The number of aromatic nitrogens is 2. The fourth-order valence-corrected chi connectivity index (χ4v) is 2.19. The molecule has 1 N–H and O–H groups in total. The zero-order chi connectivity index (χ0) is 13.0. The number of hydrogen-bond donors (Lipinski definition) is 1. The molecule has 0 fully saturated rings. The molecule has 0 spiro atoms. The fourth-order valence-electron chi connectivity index (χ4n) is 2.03. The number of hydrogen-bond acceptors (Lipinski definition) is 2. The molecule has 3 nitrogen and oxygen atoms in total. The Labute approximate surface area is 113 Å². The molecular formula is C14H20ClN3. The number of para-hydroxylation sites is 2. The second-order valence-corrected chi connectivity index (χ2v) is 5.12. The van der Waals surface area contributed by atoms with E-state index in [0.29, 0.717) is 5.92 Å². The van der Waals surface area contributed by atoms with Crippen LogP contribution >= 0.6 is 11.6 Å². The largest absolute Gasteiger partial charge is 0.356 e. The van der Waals surface area contributed by atoms with E-state index in [-0.39, 0.29) is 0 Å². The molecule has 0 saturated carbocycles. The van der Waals surface area contributed by atoms with Gasteiger partial charge in [0.15, 0.2) is 0 Å². The lowest BCUT2D eigenvalue weighted by atomic mass is 10.1. The van der Waals surface area contributed by atoms with Gasteiger partial charge in [0.05, 0.1) is 11.0 Å². The van der Waals surface area contributed by atoms with Crippen LogP contribution in [0.15, 0.2) is 24.3 Å². The molecule has 1 atom stereocenters. The van der Waals surface area contributed by atoms with Gasteiger partial charge >= 0.3 is 0 Å². The van der Waals surface area contributed by atoms with Gasteiger partial charge in [0.1, 0.15) is 0 Å². The van der Waals surface area contributed by atoms with E-state index in [1.165, 1.54) is 0 Å². The standard InChI is InChI=1S/C14H20ClN3/c1-11(10-15)6-5-9-16-14-17-12-7-3-4-8-13(12)18(14)2/h3-4,7-8,11H,5-6,9-10H2,1-2H3,(H,16,17). The van der Waals surface area contributed by atoms with Crippen LogP contribution in [0, 0.1) is 5.92 Å². The number of anilines is 1. The average Bonchev–Trinajstić information content (AvgIpc) is 2.72. The van der Waals surface area contributed by atoms with Gasteiger partial charge in [-0.3, -0.25) is 0 Å². The molecule has 1 unspecified atom stereocenters. The summed E-state index contributed by atoms with van der Waals surface area (Å²) in [6, 6.07) is 8.18. The van der Waals surface area contributed by atoms with E-state index in [9.17, 15) is 0 Å². The molecule has 1 aromatic heterocycles. The third-order valence-electron chi connectivity index (χ3n) is 3.21. The molecule has 0 radical (unpaired) electrons. The zero-order valence-electron chi connectivity index (χ0n) is 11.0. The van der Waals surface area contributed by atoms with E-state index in [4.69, 9.17) is 11.6 Å². The Morgan fingerprint density at radius 1 is 1.39 bits per heavy atom. The van der Waals surface area contributed by atoms with Crippen LogP contribution in [0.4, 0.5) is 5.95 Å². The smallest absolute Gasteiger partial charge is 0.203 e. The number of rotatable bonds is 6. The van der Waals surface area contributed by atoms with Gasteiger partial charge in [-0.2, -0.15) is 0 Å². The van der Waals surface area contributed by atoms with Crippen LogP contribution in [0.25, 0.3) is 11.0 Å². The summed E-state index contributed by atoms with van der Waals surface area (Å²) in [6.07, 6.45) is 2.28. The van der Waals surface area contributed by atoms with Gasteiger partial charge in [0, 0.05) is 19.5 Å². The Morgan fingerprint density at radius 2 is 2.17 bits per heavy atom. The molecule has 0 aliphatic carbocycles. The highest BCUT2D eigenvalue weighted by molar-refractivity contribution is 6.18. The van der Waals surface area contributed by atoms with E-state index in [1.54, 1.807) is 0 Å². The molecule has 18 heavy (non-hydrogen) atoms. The van der Waals surface area contributed by atoms with E-state index in [0.717, 1.165) is 42.2 Å². The molecule has 98 valence electrons. The third kappa shape index (κ3) is 2.96. The molecule has 0 saturated heterocycles. The second kappa shape index (κ2) is 6.10. The van der Waals surface area contributed by atoms with Crippen molar-refractivity contribution in [1.82, 2.24) is 9.55 Å². The lowest BCUT2D eigenvalue weighted by molar-refractivity contribution is 0.571. The highest BCUT2D eigenvalue weighted by Crippen LogP contribution is 2.17. The quantitative estimate of drug-likeness (QED) is 0.638. The van der Waals surface area contributed by atoms with E-state index < -0.39 is 0 Å². The van der Waals surface area contributed by atoms with Crippen LogP contribution in [0.5, 0.6) is 0 Å². The molecule has 0 amide bonds. The number of imidazole rings is 1. The fraction of sp³-hybridized carbons (Fsp3) is 0.500.